The maximum absolute atomic E-state index is 11.5. The summed E-state index contributed by atoms with van der Waals surface area (Å²) in [7, 11) is 0. The van der Waals surface area contributed by atoms with E-state index in [9.17, 15) is 4.79 Å². The summed E-state index contributed by atoms with van der Waals surface area (Å²) in [5.41, 5.74) is 2.34. The minimum absolute atomic E-state index is 0.0496. The number of thioether (sulfide) groups is 1. The van der Waals surface area contributed by atoms with Gasteiger partial charge >= 0.3 is 0 Å². The average molecular weight is 253 g/mol. The Labute approximate surface area is 107 Å². The molecule has 2 N–H and O–H groups in total. The molecule has 0 fully saturated rings. The fourth-order valence-corrected chi connectivity index (χ4v) is 2.05. The van der Waals surface area contributed by atoms with E-state index in [0.717, 1.165) is 17.7 Å². The van der Waals surface area contributed by atoms with Crippen LogP contribution in [0.1, 0.15) is 17.5 Å². The number of hydrogen-bond acceptors (Lipinski definition) is 3. The highest BCUT2D eigenvalue weighted by molar-refractivity contribution is 7.99. The van der Waals surface area contributed by atoms with E-state index in [1.807, 2.05) is 31.2 Å². The van der Waals surface area contributed by atoms with Crippen molar-refractivity contribution in [2.24, 2.45) is 0 Å². The Bertz CT molecular complexity index is 338. The summed E-state index contributed by atoms with van der Waals surface area (Å²) in [6, 6.07) is 8.12. The summed E-state index contributed by atoms with van der Waals surface area (Å²) in [4.78, 5) is 11.5. The van der Waals surface area contributed by atoms with Crippen LogP contribution in [-0.4, -0.2) is 29.1 Å². The van der Waals surface area contributed by atoms with Gasteiger partial charge < -0.3 is 10.4 Å². The summed E-state index contributed by atoms with van der Waals surface area (Å²) in [5.74, 6) is 1.34. The monoisotopic (exact) mass is 253 g/mol. The molecule has 4 heteroatoms. The predicted molar refractivity (Wildman–Crippen MR) is 72.1 cm³/mol. The molecule has 0 saturated carbocycles. The standard InChI is InChI=1S/C13H19NO2S/c1-11-3-5-12(6-4-11)9-14-13(16)10-17-8-2-7-15/h3-6,15H,2,7-10H2,1H3,(H,14,16). The van der Waals surface area contributed by atoms with Gasteiger partial charge in [-0.1, -0.05) is 29.8 Å². The first-order valence-electron chi connectivity index (χ1n) is 5.73. The Morgan fingerprint density at radius 1 is 1.35 bits per heavy atom. The largest absolute Gasteiger partial charge is 0.396 e. The van der Waals surface area contributed by atoms with E-state index in [1.54, 1.807) is 11.8 Å². The van der Waals surface area contributed by atoms with E-state index in [2.05, 4.69) is 5.32 Å². The molecule has 1 rings (SSSR count). The van der Waals surface area contributed by atoms with Crippen LogP contribution < -0.4 is 5.32 Å². The molecule has 0 radical (unpaired) electrons. The third kappa shape index (κ3) is 6.34. The molecule has 3 nitrogen and oxygen atoms in total. The molecule has 0 aliphatic carbocycles. The van der Waals surface area contributed by atoms with Gasteiger partial charge in [0.2, 0.25) is 5.91 Å². The van der Waals surface area contributed by atoms with E-state index in [0.29, 0.717) is 12.3 Å². The van der Waals surface area contributed by atoms with Crippen LogP contribution >= 0.6 is 11.8 Å². The number of carbonyl (C=O) groups is 1. The first-order valence-corrected chi connectivity index (χ1v) is 6.88. The number of hydrogen-bond donors (Lipinski definition) is 2. The smallest absolute Gasteiger partial charge is 0.230 e. The zero-order chi connectivity index (χ0) is 12.5. The fraction of sp³-hybridized carbons (Fsp3) is 0.462. The molecule has 94 valence electrons. The number of carbonyl (C=O) groups excluding carboxylic acids is 1. The van der Waals surface area contributed by atoms with Crippen LogP contribution in [0.2, 0.25) is 0 Å². The summed E-state index contributed by atoms with van der Waals surface area (Å²) >= 11 is 1.55. The Balaban J connectivity index is 2.17. The summed E-state index contributed by atoms with van der Waals surface area (Å²) in [6.07, 6.45) is 0.746. The maximum Gasteiger partial charge on any atom is 0.230 e. The molecule has 0 aliphatic heterocycles. The van der Waals surface area contributed by atoms with E-state index in [-0.39, 0.29) is 12.5 Å². The number of nitrogens with one attached hydrogen (secondary N) is 1. The lowest BCUT2D eigenvalue weighted by molar-refractivity contribution is -0.118. The van der Waals surface area contributed by atoms with E-state index >= 15 is 0 Å². The number of benzene rings is 1. The molecule has 17 heavy (non-hydrogen) atoms. The second-order valence-electron chi connectivity index (χ2n) is 3.89. The van der Waals surface area contributed by atoms with Crippen LogP contribution in [0, 0.1) is 6.92 Å². The van der Waals surface area contributed by atoms with Gasteiger partial charge in [-0.05, 0) is 24.7 Å². The third-order valence-corrected chi connectivity index (χ3v) is 3.33. The number of aliphatic hydroxyl groups is 1. The second kappa shape index (κ2) is 8.14. The first-order chi connectivity index (χ1) is 8.22. The molecule has 0 heterocycles. The second-order valence-corrected chi connectivity index (χ2v) is 5.00. The van der Waals surface area contributed by atoms with Crippen LogP contribution in [-0.2, 0) is 11.3 Å². The van der Waals surface area contributed by atoms with Crippen LogP contribution in [0.4, 0.5) is 0 Å². The topological polar surface area (TPSA) is 49.3 Å². The SMILES string of the molecule is Cc1ccc(CNC(=O)CSCCCO)cc1. The third-order valence-electron chi connectivity index (χ3n) is 2.29. The average Bonchev–Trinajstić information content (AvgIpc) is 2.34. The highest BCUT2D eigenvalue weighted by Gasteiger charge is 2.01. The first kappa shape index (κ1) is 14.1. The Hall–Kier alpha value is -1.00. The van der Waals surface area contributed by atoms with Gasteiger partial charge in [0.1, 0.15) is 0 Å². The van der Waals surface area contributed by atoms with Crippen LogP contribution in [0.25, 0.3) is 0 Å². The molecular formula is C13H19NO2S. The van der Waals surface area contributed by atoms with Crippen molar-refractivity contribution in [2.45, 2.75) is 19.9 Å². The highest BCUT2D eigenvalue weighted by Crippen LogP contribution is 2.04. The minimum Gasteiger partial charge on any atom is -0.396 e. The number of amides is 1. The molecule has 0 atom stereocenters. The van der Waals surface area contributed by atoms with Gasteiger partial charge in [-0.25, -0.2) is 0 Å². The highest BCUT2D eigenvalue weighted by atomic mass is 32.2. The lowest BCUT2D eigenvalue weighted by Crippen LogP contribution is -2.24. The lowest BCUT2D eigenvalue weighted by Gasteiger charge is -2.05. The van der Waals surface area contributed by atoms with Crippen molar-refractivity contribution in [3.8, 4) is 0 Å². The van der Waals surface area contributed by atoms with Gasteiger partial charge in [0.25, 0.3) is 0 Å². The van der Waals surface area contributed by atoms with E-state index in [1.165, 1.54) is 5.56 Å². The van der Waals surface area contributed by atoms with Gasteiger partial charge in [-0.3, -0.25) is 4.79 Å². The summed E-state index contributed by atoms with van der Waals surface area (Å²) in [5, 5.41) is 11.5. The van der Waals surface area contributed by atoms with Crippen molar-refractivity contribution < 1.29 is 9.90 Å². The molecule has 1 aromatic carbocycles. The van der Waals surface area contributed by atoms with Gasteiger partial charge in [-0.2, -0.15) is 11.8 Å². The van der Waals surface area contributed by atoms with Gasteiger partial charge in [-0.15, -0.1) is 0 Å². The molecule has 0 aliphatic rings. The van der Waals surface area contributed by atoms with Gasteiger partial charge in [0.05, 0.1) is 5.75 Å². The Kier molecular flexibility index (Phi) is 6.74. The molecule has 0 unspecified atom stereocenters. The Morgan fingerprint density at radius 2 is 2.06 bits per heavy atom. The van der Waals surface area contributed by atoms with Gasteiger partial charge in [0, 0.05) is 13.2 Å². The summed E-state index contributed by atoms with van der Waals surface area (Å²) in [6.45, 7) is 2.82. The molecule has 0 saturated heterocycles. The number of aryl methyl sites for hydroxylation is 1. The molecule has 0 spiro atoms. The Morgan fingerprint density at radius 3 is 2.71 bits per heavy atom. The van der Waals surface area contributed by atoms with Crippen LogP contribution in [0.3, 0.4) is 0 Å². The van der Waals surface area contributed by atoms with Crippen molar-refractivity contribution in [2.75, 3.05) is 18.1 Å². The van der Waals surface area contributed by atoms with Crippen LogP contribution in [0.15, 0.2) is 24.3 Å². The van der Waals surface area contributed by atoms with E-state index < -0.39 is 0 Å². The molecular weight excluding hydrogens is 234 g/mol. The van der Waals surface area contributed by atoms with E-state index in [4.69, 9.17) is 5.11 Å². The lowest BCUT2D eigenvalue weighted by atomic mass is 10.1. The number of aliphatic hydroxyl groups excluding tert-OH is 1. The predicted octanol–water partition coefficient (Wildman–Crippen LogP) is 1.73. The van der Waals surface area contributed by atoms with Crippen molar-refractivity contribution in [1.29, 1.82) is 0 Å². The molecule has 0 bridgehead atoms. The number of rotatable bonds is 7. The van der Waals surface area contributed by atoms with Gasteiger partial charge in [0.15, 0.2) is 0 Å². The molecule has 1 amide bonds. The van der Waals surface area contributed by atoms with Crippen LogP contribution in [0.5, 0.6) is 0 Å². The zero-order valence-electron chi connectivity index (χ0n) is 10.1. The van der Waals surface area contributed by atoms with Crippen molar-refractivity contribution >= 4 is 17.7 Å². The zero-order valence-corrected chi connectivity index (χ0v) is 10.9. The molecule has 1 aromatic rings. The molecule has 0 aromatic heterocycles. The van der Waals surface area contributed by atoms with Crippen molar-refractivity contribution in [1.82, 2.24) is 5.32 Å². The quantitative estimate of drug-likeness (QED) is 0.728. The normalized spacial score (nSPS) is 10.2. The van der Waals surface area contributed by atoms with Crippen molar-refractivity contribution in [3.63, 3.8) is 0 Å². The fourth-order valence-electron chi connectivity index (χ4n) is 1.29. The minimum atomic E-state index is 0.0496. The summed E-state index contributed by atoms with van der Waals surface area (Å²) < 4.78 is 0. The van der Waals surface area contributed by atoms with Crippen molar-refractivity contribution in [3.05, 3.63) is 35.4 Å². The maximum atomic E-state index is 11.5.